The number of ether oxygens (including phenoxy) is 1. The number of amides is 2. The number of rotatable bonds is 3. The van der Waals surface area contributed by atoms with Crippen molar-refractivity contribution in [1.82, 2.24) is 10.2 Å². The van der Waals surface area contributed by atoms with Gasteiger partial charge in [-0.25, -0.2) is 4.79 Å². The van der Waals surface area contributed by atoms with Gasteiger partial charge in [0, 0.05) is 19.3 Å². The van der Waals surface area contributed by atoms with E-state index in [1.165, 1.54) is 18.4 Å². The topological polar surface area (TPSA) is 58.6 Å². The maximum absolute atomic E-state index is 12.0. The van der Waals surface area contributed by atoms with Crippen LogP contribution in [0.1, 0.15) is 45.4 Å². The van der Waals surface area contributed by atoms with Crippen molar-refractivity contribution >= 4 is 12.0 Å². The van der Waals surface area contributed by atoms with Gasteiger partial charge >= 0.3 is 12.0 Å². The highest BCUT2D eigenvalue weighted by Crippen LogP contribution is 2.23. The molecule has 5 nitrogen and oxygen atoms in total. The van der Waals surface area contributed by atoms with Gasteiger partial charge < -0.3 is 15.0 Å². The number of carbonyl (C=O) groups is 2. The molecule has 0 unspecified atom stereocenters. The average molecular weight is 280 g/mol. The Labute approximate surface area is 120 Å². The van der Waals surface area contributed by atoms with Crippen molar-refractivity contribution in [3.05, 3.63) is 11.8 Å². The molecule has 0 aromatic rings. The fraction of sp³-hybridized carbons (Fsp3) is 0.733. The van der Waals surface area contributed by atoms with E-state index >= 15 is 0 Å². The molecule has 1 heterocycles. The van der Waals surface area contributed by atoms with Crippen molar-refractivity contribution < 1.29 is 14.3 Å². The first-order chi connectivity index (χ1) is 9.70. The lowest BCUT2D eigenvalue weighted by atomic mass is 9.97. The summed E-state index contributed by atoms with van der Waals surface area (Å²) in [6.07, 6.45) is 7.92. The summed E-state index contributed by atoms with van der Waals surface area (Å²) in [7, 11) is 0. The van der Waals surface area contributed by atoms with Gasteiger partial charge in [0.2, 0.25) is 0 Å². The Hall–Kier alpha value is -1.52. The van der Waals surface area contributed by atoms with Gasteiger partial charge in [-0.2, -0.15) is 0 Å². The Balaban J connectivity index is 1.74. The molecule has 2 aliphatic rings. The van der Waals surface area contributed by atoms with Crippen LogP contribution in [-0.2, 0) is 9.53 Å². The Kier molecular flexibility index (Phi) is 5.44. The van der Waals surface area contributed by atoms with Gasteiger partial charge in [-0.1, -0.05) is 5.57 Å². The highest BCUT2D eigenvalue weighted by atomic mass is 16.5. The van der Waals surface area contributed by atoms with Crippen LogP contribution in [-0.4, -0.2) is 36.6 Å². The second-order valence-electron chi connectivity index (χ2n) is 5.47. The summed E-state index contributed by atoms with van der Waals surface area (Å²) in [6, 6.07) is -0.0493. The summed E-state index contributed by atoms with van der Waals surface area (Å²) < 4.78 is 5.02. The Morgan fingerprint density at radius 2 is 1.95 bits per heavy atom. The summed E-state index contributed by atoms with van der Waals surface area (Å²) in [5.74, 6) is -0.173. The lowest BCUT2D eigenvalue weighted by Crippen LogP contribution is -2.44. The molecular weight excluding hydrogens is 256 g/mol. The maximum Gasteiger partial charge on any atom is 0.321 e. The number of hydrogen-bond acceptors (Lipinski definition) is 3. The van der Waals surface area contributed by atoms with Crippen molar-refractivity contribution in [2.24, 2.45) is 5.92 Å². The average Bonchev–Trinajstić information content (AvgIpc) is 2.98. The Morgan fingerprint density at radius 3 is 2.55 bits per heavy atom. The van der Waals surface area contributed by atoms with Crippen LogP contribution in [0.3, 0.4) is 0 Å². The Morgan fingerprint density at radius 1 is 1.30 bits per heavy atom. The third kappa shape index (κ3) is 3.99. The molecule has 1 saturated carbocycles. The van der Waals surface area contributed by atoms with Gasteiger partial charge in [-0.15, -0.1) is 0 Å². The van der Waals surface area contributed by atoms with E-state index in [9.17, 15) is 9.59 Å². The molecule has 1 N–H and O–H groups in total. The minimum Gasteiger partial charge on any atom is -0.466 e. The number of nitrogens with one attached hydrogen (secondary N) is 1. The van der Waals surface area contributed by atoms with Crippen LogP contribution in [0.25, 0.3) is 0 Å². The zero-order valence-corrected chi connectivity index (χ0v) is 12.2. The summed E-state index contributed by atoms with van der Waals surface area (Å²) in [4.78, 5) is 25.4. The molecule has 20 heavy (non-hydrogen) atoms. The van der Waals surface area contributed by atoms with Crippen LogP contribution in [0.5, 0.6) is 0 Å². The van der Waals surface area contributed by atoms with E-state index in [4.69, 9.17) is 4.74 Å². The first-order valence-electron chi connectivity index (χ1n) is 7.60. The monoisotopic (exact) mass is 280 g/mol. The van der Waals surface area contributed by atoms with E-state index in [-0.39, 0.29) is 17.9 Å². The lowest BCUT2D eigenvalue weighted by molar-refractivity contribution is -0.149. The van der Waals surface area contributed by atoms with Crippen LogP contribution in [0.2, 0.25) is 0 Å². The van der Waals surface area contributed by atoms with E-state index in [0.717, 1.165) is 12.8 Å². The van der Waals surface area contributed by atoms with Crippen molar-refractivity contribution in [3.63, 3.8) is 0 Å². The molecule has 1 aliphatic carbocycles. The van der Waals surface area contributed by atoms with Gasteiger partial charge in [0.15, 0.2) is 0 Å². The fourth-order valence-electron chi connectivity index (χ4n) is 2.81. The number of urea groups is 1. The highest BCUT2D eigenvalue weighted by Gasteiger charge is 2.27. The molecule has 2 fully saturated rings. The van der Waals surface area contributed by atoms with Crippen LogP contribution in [0.4, 0.5) is 4.79 Å². The third-order valence-electron chi connectivity index (χ3n) is 4.05. The van der Waals surface area contributed by atoms with Gasteiger partial charge in [0.05, 0.1) is 12.5 Å². The second kappa shape index (κ2) is 7.31. The first kappa shape index (κ1) is 14.9. The van der Waals surface area contributed by atoms with Crippen LogP contribution < -0.4 is 5.32 Å². The minimum absolute atomic E-state index is 0.0489. The largest absolute Gasteiger partial charge is 0.466 e. The van der Waals surface area contributed by atoms with Gasteiger partial charge in [0.25, 0.3) is 0 Å². The number of nitrogens with zero attached hydrogens (tertiary/aromatic N) is 1. The standard InChI is InChI=1S/C15H24N2O3/c1-2-20-14(18)13-7-9-17(10-8-13)15(19)16-11-12-5-3-4-6-12/h11,13H,2-10H2,1H3,(H,16,19). The summed E-state index contributed by atoms with van der Waals surface area (Å²) in [5.41, 5.74) is 1.33. The SMILES string of the molecule is CCOC(=O)C1CCN(C(=O)NC=C2CCCC2)CC1. The number of hydrogen-bond donors (Lipinski definition) is 1. The molecule has 0 aromatic carbocycles. The molecule has 5 heteroatoms. The zero-order valence-electron chi connectivity index (χ0n) is 12.2. The van der Waals surface area contributed by atoms with Gasteiger partial charge in [-0.05, 0) is 45.4 Å². The number of allylic oxidation sites excluding steroid dienone is 1. The molecule has 1 aliphatic heterocycles. The van der Waals surface area contributed by atoms with Crippen LogP contribution in [0.15, 0.2) is 11.8 Å². The van der Waals surface area contributed by atoms with E-state index in [1.54, 1.807) is 4.90 Å². The molecule has 0 atom stereocenters. The molecule has 0 radical (unpaired) electrons. The maximum atomic E-state index is 12.0. The molecule has 1 saturated heterocycles. The fourth-order valence-corrected chi connectivity index (χ4v) is 2.81. The minimum atomic E-state index is -0.124. The molecule has 0 spiro atoms. The smallest absolute Gasteiger partial charge is 0.321 e. The molecule has 2 amide bonds. The molecule has 2 rings (SSSR count). The predicted octanol–water partition coefficient (Wildman–Crippen LogP) is 2.43. The first-order valence-corrected chi connectivity index (χ1v) is 7.60. The molecule has 0 bridgehead atoms. The molecule has 112 valence electrons. The van der Waals surface area contributed by atoms with Crippen LogP contribution in [0, 0.1) is 5.92 Å². The summed E-state index contributed by atoms with van der Waals surface area (Å²) in [6.45, 7) is 3.49. The normalized spacial score (nSPS) is 19.9. The summed E-state index contributed by atoms with van der Waals surface area (Å²) >= 11 is 0. The number of likely N-dealkylation sites (tertiary alicyclic amines) is 1. The highest BCUT2D eigenvalue weighted by molar-refractivity contribution is 5.76. The van der Waals surface area contributed by atoms with Gasteiger partial charge in [-0.3, -0.25) is 4.79 Å². The lowest BCUT2D eigenvalue weighted by Gasteiger charge is -2.30. The molecular formula is C15H24N2O3. The van der Waals surface area contributed by atoms with E-state index in [0.29, 0.717) is 32.5 Å². The number of piperidine rings is 1. The van der Waals surface area contributed by atoms with Crippen molar-refractivity contribution in [1.29, 1.82) is 0 Å². The Bertz CT molecular complexity index is 377. The van der Waals surface area contributed by atoms with E-state index in [2.05, 4.69) is 5.32 Å². The third-order valence-corrected chi connectivity index (χ3v) is 4.05. The number of carbonyl (C=O) groups excluding carboxylic acids is 2. The van der Waals surface area contributed by atoms with E-state index < -0.39 is 0 Å². The predicted molar refractivity (Wildman–Crippen MR) is 76.0 cm³/mol. The number of esters is 1. The van der Waals surface area contributed by atoms with Crippen molar-refractivity contribution in [2.45, 2.75) is 45.4 Å². The summed E-state index contributed by atoms with van der Waals surface area (Å²) in [5, 5.41) is 2.87. The van der Waals surface area contributed by atoms with Crippen LogP contribution >= 0.6 is 0 Å². The molecule has 0 aromatic heterocycles. The van der Waals surface area contributed by atoms with Crippen molar-refractivity contribution in [3.8, 4) is 0 Å². The van der Waals surface area contributed by atoms with Gasteiger partial charge in [0.1, 0.15) is 0 Å². The van der Waals surface area contributed by atoms with E-state index in [1.807, 2.05) is 13.1 Å². The second-order valence-corrected chi connectivity index (χ2v) is 5.47. The quantitative estimate of drug-likeness (QED) is 0.808. The van der Waals surface area contributed by atoms with Crippen molar-refractivity contribution in [2.75, 3.05) is 19.7 Å². The zero-order chi connectivity index (χ0) is 14.4.